The molecule has 2 aromatic rings. The predicted octanol–water partition coefficient (Wildman–Crippen LogP) is 2.13. The second-order valence-corrected chi connectivity index (χ2v) is 5.47. The molecule has 6 nitrogen and oxygen atoms in total. The van der Waals surface area contributed by atoms with Gasteiger partial charge < -0.3 is 15.3 Å². The van der Waals surface area contributed by atoms with Crippen molar-refractivity contribution < 1.29 is 14.7 Å². The van der Waals surface area contributed by atoms with Crippen molar-refractivity contribution in [2.24, 2.45) is 0 Å². The molecule has 0 radical (unpaired) electrons. The number of phenols is 1. The van der Waals surface area contributed by atoms with Gasteiger partial charge in [0.05, 0.1) is 5.69 Å². The Bertz CT molecular complexity index is 717. The largest absolute Gasteiger partial charge is 0.506 e. The van der Waals surface area contributed by atoms with E-state index in [0.717, 1.165) is 11.1 Å². The van der Waals surface area contributed by atoms with E-state index in [1.807, 2.05) is 26.0 Å². The number of hydrogen-bond acceptors (Lipinski definition) is 4. The van der Waals surface area contributed by atoms with E-state index in [9.17, 15) is 14.7 Å². The summed E-state index contributed by atoms with van der Waals surface area (Å²) in [7, 11) is 0. The lowest BCUT2D eigenvalue weighted by Crippen LogP contribution is -2.40. The predicted molar refractivity (Wildman–Crippen MR) is 91.7 cm³/mol. The van der Waals surface area contributed by atoms with Crippen LogP contribution in [0.3, 0.4) is 0 Å². The van der Waals surface area contributed by atoms with E-state index in [4.69, 9.17) is 0 Å². The number of nitrogens with zero attached hydrogens (tertiary/aromatic N) is 2. The minimum atomic E-state index is -0.759. The first-order chi connectivity index (χ1) is 11.5. The maximum Gasteiger partial charge on any atom is 0.314 e. The number of aryl methyl sites for hydroxylation is 1. The summed E-state index contributed by atoms with van der Waals surface area (Å²) in [4.78, 5) is 29.9. The monoisotopic (exact) mass is 327 g/mol. The molecule has 0 unspecified atom stereocenters. The van der Waals surface area contributed by atoms with Crippen LogP contribution in [0.2, 0.25) is 0 Å². The van der Waals surface area contributed by atoms with E-state index in [1.165, 1.54) is 11.0 Å². The summed E-state index contributed by atoms with van der Waals surface area (Å²) in [6, 6.07) is 8.61. The Morgan fingerprint density at radius 1 is 1.21 bits per heavy atom. The Hall–Kier alpha value is -2.89. The molecule has 126 valence electrons. The average Bonchev–Trinajstić information content (AvgIpc) is 2.58. The van der Waals surface area contributed by atoms with Crippen LogP contribution in [0.4, 0.5) is 5.69 Å². The van der Waals surface area contributed by atoms with Gasteiger partial charge in [0.15, 0.2) is 0 Å². The molecule has 0 aliphatic rings. The van der Waals surface area contributed by atoms with Crippen LogP contribution in [0.5, 0.6) is 5.75 Å². The number of amides is 2. The van der Waals surface area contributed by atoms with Crippen LogP contribution in [0.25, 0.3) is 0 Å². The van der Waals surface area contributed by atoms with Crippen molar-refractivity contribution >= 4 is 17.5 Å². The third kappa shape index (κ3) is 4.55. The highest BCUT2D eigenvalue weighted by atomic mass is 16.3. The smallest absolute Gasteiger partial charge is 0.314 e. The molecule has 0 atom stereocenters. The lowest BCUT2D eigenvalue weighted by atomic mass is 10.2. The molecule has 2 N–H and O–H groups in total. The molecule has 0 fully saturated rings. The van der Waals surface area contributed by atoms with Gasteiger partial charge in [0.2, 0.25) is 0 Å². The van der Waals surface area contributed by atoms with Crippen LogP contribution >= 0.6 is 0 Å². The fraction of sp³-hybridized carbons (Fsp3) is 0.278. The van der Waals surface area contributed by atoms with Crippen LogP contribution in [0.15, 0.2) is 42.7 Å². The molecule has 2 amide bonds. The SMILES string of the molecule is CCN(CCc1ccncc1)C(=O)C(=O)Nc1ccc(C)cc1O. The highest BCUT2D eigenvalue weighted by Crippen LogP contribution is 2.23. The number of rotatable bonds is 5. The molecule has 0 saturated carbocycles. The van der Waals surface area contributed by atoms with E-state index in [2.05, 4.69) is 10.3 Å². The average molecular weight is 327 g/mol. The number of nitrogens with one attached hydrogen (secondary N) is 1. The number of hydrogen-bond donors (Lipinski definition) is 2. The van der Waals surface area contributed by atoms with Gasteiger partial charge in [0.1, 0.15) is 5.75 Å². The molecule has 1 aromatic heterocycles. The third-order valence-electron chi connectivity index (χ3n) is 3.68. The van der Waals surface area contributed by atoms with Gasteiger partial charge in [-0.15, -0.1) is 0 Å². The molecule has 0 aliphatic carbocycles. The normalized spacial score (nSPS) is 10.2. The van der Waals surface area contributed by atoms with Crippen molar-refractivity contribution in [1.82, 2.24) is 9.88 Å². The summed E-state index contributed by atoms with van der Waals surface area (Å²) in [6.45, 7) is 4.51. The maximum absolute atomic E-state index is 12.3. The van der Waals surface area contributed by atoms with E-state index in [-0.39, 0.29) is 11.4 Å². The van der Waals surface area contributed by atoms with Gasteiger partial charge in [-0.2, -0.15) is 0 Å². The van der Waals surface area contributed by atoms with Gasteiger partial charge >= 0.3 is 11.8 Å². The van der Waals surface area contributed by atoms with E-state index in [1.54, 1.807) is 24.5 Å². The second kappa shape index (κ2) is 8.10. The summed E-state index contributed by atoms with van der Waals surface area (Å²) in [5.41, 5.74) is 2.14. The Labute approximate surface area is 141 Å². The molecule has 0 spiro atoms. The first-order valence-electron chi connectivity index (χ1n) is 7.80. The zero-order valence-electron chi connectivity index (χ0n) is 13.8. The van der Waals surface area contributed by atoms with Crippen molar-refractivity contribution in [1.29, 1.82) is 0 Å². The van der Waals surface area contributed by atoms with Crippen LogP contribution in [-0.2, 0) is 16.0 Å². The molecule has 2 rings (SSSR count). The number of aromatic nitrogens is 1. The molecule has 0 saturated heterocycles. The minimum Gasteiger partial charge on any atom is -0.506 e. The molecule has 6 heteroatoms. The van der Waals surface area contributed by atoms with Crippen molar-refractivity contribution in [2.45, 2.75) is 20.3 Å². The van der Waals surface area contributed by atoms with Crippen molar-refractivity contribution in [3.05, 3.63) is 53.9 Å². The number of aromatic hydroxyl groups is 1. The number of benzene rings is 1. The Morgan fingerprint density at radius 2 is 1.92 bits per heavy atom. The van der Waals surface area contributed by atoms with Gasteiger partial charge in [-0.1, -0.05) is 6.07 Å². The second-order valence-electron chi connectivity index (χ2n) is 5.47. The quantitative estimate of drug-likeness (QED) is 0.651. The summed E-state index contributed by atoms with van der Waals surface area (Å²) < 4.78 is 0. The van der Waals surface area contributed by atoms with Crippen molar-refractivity contribution in [2.75, 3.05) is 18.4 Å². The Balaban J connectivity index is 1.98. The molecule has 0 bridgehead atoms. The van der Waals surface area contributed by atoms with Crippen LogP contribution < -0.4 is 5.32 Å². The van der Waals surface area contributed by atoms with Gasteiger partial charge in [0, 0.05) is 25.5 Å². The van der Waals surface area contributed by atoms with Gasteiger partial charge in [-0.05, 0) is 55.7 Å². The molecule has 1 aromatic carbocycles. The first kappa shape index (κ1) is 17.5. The standard InChI is InChI=1S/C18H21N3O3/c1-3-21(11-8-14-6-9-19-10-7-14)18(24)17(23)20-15-5-4-13(2)12-16(15)22/h4-7,9-10,12,22H,3,8,11H2,1-2H3,(H,20,23). The topological polar surface area (TPSA) is 82.5 Å². The lowest BCUT2D eigenvalue weighted by molar-refractivity contribution is -0.143. The van der Waals surface area contributed by atoms with Gasteiger partial charge in [-0.25, -0.2) is 0 Å². The van der Waals surface area contributed by atoms with Crippen molar-refractivity contribution in [3.63, 3.8) is 0 Å². The minimum absolute atomic E-state index is 0.0593. The molecular weight excluding hydrogens is 306 g/mol. The number of phenolic OH excluding ortho intramolecular Hbond substituents is 1. The number of anilines is 1. The van der Waals surface area contributed by atoms with Crippen LogP contribution in [-0.4, -0.2) is 39.9 Å². The summed E-state index contributed by atoms with van der Waals surface area (Å²) in [5, 5.41) is 12.3. The van der Waals surface area contributed by atoms with Gasteiger partial charge in [-0.3, -0.25) is 14.6 Å². The summed E-state index contributed by atoms with van der Waals surface area (Å²) in [6.07, 6.45) is 4.03. The molecular formula is C18H21N3O3. The fourth-order valence-corrected chi connectivity index (χ4v) is 2.28. The van der Waals surface area contributed by atoms with Crippen molar-refractivity contribution in [3.8, 4) is 5.75 Å². The summed E-state index contributed by atoms with van der Waals surface area (Å²) in [5.74, 6) is -1.44. The van der Waals surface area contributed by atoms with E-state index >= 15 is 0 Å². The molecule has 24 heavy (non-hydrogen) atoms. The lowest BCUT2D eigenvalue weighted by Gasteiger charge is -2.20. The number of likely N-dealkylation sites (N-methyl/N-ethyl adjacent to an activating group) is 1. The van der Waals surface area contributed by atoms with E-state index < -0.39 is 11.8 Å². The van der Waals surface area contributed by atoms with E-state index in [0.29, 0.717) is 19.5 Å². The number of carbonyl (C=O) groups is 2. The van der Waals surface area contributed by atoms with Gasteiger partial charge in [0.25, 0.3) is 0 Å². The molecule has 0 aliphatic heterocycles. The number of carbonyl (C=O) groups excluding carboxylic acids is 2. The highest BCUT2D eigenvalue weighted by Gasteiger charge is 2.21. The van der Waals surface area contributed by atoms with Crippen LogP contribution in [0.1, 0.15) is 18.1 Å². The Morgan fingerprint density at radius 3 is 2.54 bits per heavy atom. The Kier molecular flexibility index (Phi) is 5.89. The zero-order valence-corrected chi connectivity index (χ0v) is 13.8. The summed E-state index contributed by atoms with van der Waals surface area (Å²) >= 11 is 0. The molecule has 1 heterocycles. The fourth-order valence-electron chi connectivity index (χ4n) is 2.28. The number of pyridine rings is 1. The third-order valence-corrected chi connectivity index (χ3v) is 3.68. The highest BCUT2D eigenvalue weighted by molar-refractivity contribution is 6.39. The maximum atomic E-state index is 12.3. The first-order valence-corrected chi connectivity index (χ1v) is 7.80. The zero-order chi connectivity index (χ0) is 17.5. The van der Waals surface area contributed by atoms with Crippen LogP contribution in [0, 0.1) is 6.92 Å².